The zero-order valence-electron chi connectivity index (χ0n) is 25.7. The number of Topliss-reactive ketones (excluding diaryl/α,β-unsaturated/α-hetero) is 1. The maximum absolute atomic E-state index is 13.6. The quantitative estimate of drug-likeness (QED) is 0.0899. The van der Waals surface area contributed by atoms with Crippen molar-refractivity contribution in [2.75, 3.05) is 33.4 Å². The highest BCUT2D eigenvalue weighted by Gasteiger charge is 2.28. The zero-order chi connectivity index (χ0) is 30.6. The number of ether oxygens (including phenoxy) is 3. The zero-order valence-corrected chi connectivity index (χ0v) is 25.7. The number of nitrogens with zero attached hydrogens (tertiary/aromatic N) is 2. The molecule has 8 nitrogen and oxygen atoms in total. The number of hydrogen-bond acceptors (Lipinski definition) is 8. The molecule has 3 aromatic rings. The lowest BCUT2D eigenvalue weighted by atomic mass is 9.91. The van der Waals surface area contributed by atoms with Crippen molar-refractivity contribution < 1.29 is 32.7 Å². The van der Waals surface area contributed by atoms with Gasteiger partial charge in [-0.25, -0.2) is 4.39 Å². The summed E-state index contributed by atoms with van der Waals surface area (Å²) in [5, 5.41) is 5.11. The molecule has 4 rings (SSSR count). The third-order valence-corrected chi connectivity index (χ3v) is 8.18. The Morgan fingerprint density at radius 3 is 2.49 bits per heavy atom. The Kier molecular flexibility index (Phi) is 12.4. The van der Waals surface area contributed by atoms with E-state index in [-0.39, 0.29) is 30.1 Å². The minimum absolute atomic E-state index is 0.0591. The molecule has 43 heavy (non-hydrogen) atoms. The largest absolute Gasteiger partial charge is 0.493 e. The number of aromatic nitrogens is 1. The van der Waals surface area contributed by atoms with Crippen molar-refractivity contribution in [2.45, 2.75) is 90.1 Å². The number of hydrogen-bond donors (Lipinski definition) is 0. The van der Waals surface area contributed by atoms with E-state index in [1.165, 1.54) is 51.8 Å². The minimum Gasteiger partial charge on any atom is -0.493 e. The van der Waals surface area contributed by atoms with Crippen molar-refractivity contribution in [3.8, 4) is 11.5 Å². The van der Waals surface area contributed by atoms with Gasteiger partial charge in [-0.2, -0.15) is 0 Å². The Balaban J connectivity index is 1.34. The van der Waals surface area contributed by atoms with Gasteiger partial charge in [-0.05, 0) is 69.6 Å². The van der Waals surface area contributed by atoms with Crippen molar-refractivity contribution in [1.29, 1.82) is 0 Å². The van der Waals surface area contributed by atoms with Crippen LogP contribution in [0.4, 0.5) is 4.39 Å². The Morgan fingerprint density at radius 2 is 1.77 bits per heavy atom. The van der Waals surface area contributed by atoms with E-state index in [2.05, 4.69) is 17.0 Å². The lowest BCUT2D eigenvalue weighted by molar-refractivity contribution is -0.152. The van der Waals surface area contributed by atoms with Crippen LogP contribution in [0.1, 0.15) is 100 Å². The third kappa shape index (κ3) is 9.51. The predicted molar refractivity (Wildman–Crippen MR) is 163 cm³/mol. The van der Waals surface area contributed by atoms with Gasteiger partial charge in [0.2, 0.25) is 0 Å². The number of piperidine rings is 1. The van der Waals surface area contributed by atoms with Gasteiger partial charge in [0.05, 0.1) is 12.8 Å². The summed E-state index contributed by atoms with van der Waals surface area (Å²) in [7, 11) is 1.53. The molecule has 234 valence electrons. The van der Waals surface area contributed by atoms with Gasteiger partial charge >= 0.3 is 5.97 Å². The summed E-state index contributed by atoms with van der Waals surface area (Å²) in [5.41, 5.74) is 1.88. The van der Waals surface area contributed by atoms with Gasteiger partial charge in [-0.15, -0.1) is 0 Å². The van der Waals surface area contributed by atoms with Crippen LogP contribution in [0, 0.1) is 5.82 Å². The van der Waals surface area contributed by atoms with Gasteiger partial charge < -0.3 is 18.7 Å². The summed E-state index contributed by atoms with van der Waals surface area (Å²) in [6, 6.07) is 9.62. The lowest BCUT2D eigenvalue weighted by Gasteiger charge is -2.33. The molecule has 1 saturated heterocycles. The van der Waals surface area contributed by atoms with E-state index in [4.69, 9.17) is 18.7 Å². The molecule has 2 aromatic carbocycles. The van der Waals surface area contributed by atoms with Crippen molar-refractivity contribution in [3.63, 3.8) is 0 Å². The molecular formula is C34H45FN2O6. The SMILES string of the molecule is CCCCCCCCCC(=O)OC(COc1ccc(C(C)=O)cc1OC)CN1CCC(c2noc3cc(F)ccc23)CC1. The van der Waals surface area contributed by atoms with Crippen LogP contribution in [0.25, 0.3) is 11.0 Å². The van der Waals surface area contributed by atoms with E-state index in [1.807, 2.05) is 0 Å². The molecule has 0 saturated carbocycles. The van der Waals surface area contributed by atoms with Crippen molar-refractivity contribution in [3.05, 3.63) is 53.5 Å². The van der Waals surface area contributed by atoms with Gasteiger partial charge in [0.25, 0.3) is 0 Å². The Hall–Kier alpha value is -3.46. The number of likely N-dealkylation sites (tertiary alicyclic amines) is 1. The van der Waals surface area contributed by atoms with E-state index >= 15 is 0 Å². The number of carbonyl (C=O) groups excluding carboxylic acids is 2. The fraction of sp³-hybridized carbons (Fsp3) is 0.559. The molecule has 1 fully saturated rings. The standard InChI is InChI=1S/C34H45FN2O6/c1-4-5-6-7-8-9-10-11-33(39)42-28(23-41-30-15-12-26(24(2)38)20-32(30)40-3)22-37-18-16-25(17-19-37)34-29-14-13-27(35)21-31(29)43-36-34/h12-15,20-21,25,28H,4-11,16-19,22-23H2,1-3H3. The molecule has 0 amide bonds. The van der Waals surface area contributed by atoms with Crippen molar-refractivity contribution >= 4 is 22.7 Å². The van der Waals surface area contributed by atoms with Gasteiger partial charge in [-0.1, -0.05) is 50.6 Å². The first-order chi connectivity index (χ1) is 20.9. The van der Waals surface area contributed by atoms with E-state index in [0.29, 0.717) is 35.6 Å². The smallest absolute Gasteiger partial charge is 0.306 e. The van der Waals surface area contributed by atoms with Crippen LogP contribution in [-0.2, 0) is 9.53 Å². The fourth-order valence-electron chi connectivity index (χ4n) is 5.69. The fourth-order valence-corrected chi connectivity index (χ4v) is 5.69. The highest BCUT2D eigenvalue weighted by Crippen LogP contribution is 2.33. The molecule has 0 radical (unpaired) electrons. The molecule has 9 heteroatoms. The molecule has 0 aliphatic carbocycles. The Labute approximate surface area is 253 Å². The van der Waals surface area contributed by atoms with Crippen LogP contribution >= 0.6 is 0 Å². The first-order valence-corrected chi connectivity index (χ1v) is 15.7. The van der Waals surface area contributed by atoms with Crippen LogP contribution in [0.3, 0.4) is 0 Å². The number of carbonyl (C=O) groups is 2. The number of fused-ring (bicyclic) bond motifs is 1. The molecule has 1 atom stereocenters. The summed E-state index contributed by atoms with van der Waals surface area (Å²) in [4.78, 5) is 26.9. The van der Waals surface area contributed by atoms with E-state index in [9.17, 15) is 14.0 Å². The second-order valence-corrected chi connectivity index (χ2v) is 11.5. The molecule has 0 spiro atoms. The lowest BCUT2D eigenvalue weighted by Crippen LogP contribution is -2.42. The monoisotopic (exact) mass is 596 g/mol. The van der Waals surface area contributed by atoms with Crippen LogP contribution in [0.15, 0.2) is 40.9 Å². The van der Waals surface area contributed by atoms with E-state index < -0.39 is 6.10 Å². The maximum Gasteiger partial charge on any atom is 0.306 e. The highest BCUT2D eigenvalue weighted by atomic mass is 19.1. The summed E-state index contributed by atoms with van der Waals surface area (Å²) in [6.07, 6.45) is 9.57. The van der Waals surface area contributed by atoms with Gasteiger partial charge in [0.1, 0.15) is 18.5 Å². The number of esters is 1. The first-order valence-electron chi connectivity index (χ1n) is 15.7. The van der Waals surface area contributed by atoms with Crippen LogP contribution in [-0.4, -0.2) is 61.3 Å². The predicted octanol–water partition coefficient (Wildman–Crippen LogP) is 7.49. The summed E-state index contributed by atoms with van der Waals surface area (Å²) in [5.74, 6) is 0.553. The molecule has 0 bridgehead atoms. The summed E-state index contributed by atoms with van der Waals surface area (Å²) >= 11 is 0. The molecule has 1 aliphatic heterocycles. The minimum atomic E-state index is -0.471. The van der Waals surface area contributed by atoms with E-state index in [0.717, 1.165) is 56.3 Å². The summed E-state index contributed by atoms with van der Waals surface area (Å²) in [6.45, 7) is 6.00. The van der Waals surface area contributed by atoms with Crippen LogP contribution in [0.5, 0.6) is 11.5 Å². The Bertz CT molecular complexity index is 1330. The number of unbranched alkanes of at least 4 members (excludes halogenated alkanes) is 6. The van der Waals surface area contributed by atoms with Crippen LogP contribution < -0.4 is 9.47 Å². The molecule has 0 N–H and O–H groups in total. The van der Waals surface area contributed by atoms with Gasteiger partial charge in [-0.3, -0.25) is 14.5 Å². The third-order valence-electron chi connectivity index (χ3n) is 8.18. The average molecular weight is 597 g/mol. The molecule has 2 heterocycles. The molecule has 1 aliphatic rings. The topological polar surface area (TPSA) is 91.1 Å². The number of methoxy groups -OCH3 is 1. The number of benzene rings is 2. The Morgan fingerprint density at radius 1 is 1.02 bits per heavy atom. The number of rotatable bonds is 17. The average Bonchev–Trinajstić information content (AvgIpc) is 3.42. The number of ketones is 1. The second-order valence-electron chi connectivity index (χ2n) is 11.5. The summed E-state index contributed by atoms with van der Waals surface area (Å²) < 4.78 is 36.5. The highest BCUT2D eigenvalue weighted by molar-refractivity contribution is 5.94. The first kappa shape index (κ1) is 32.5. The number of halogens is 1. The molecule has 1 aromatic heterocycles. The molecule has 1 unspecified atom stereocenters. The van der Waals surface area contributed by atoms with Crippen molar-refractivity contribution in [1.82, 2.24) is 10.1 Å². The van der Waals surface area contributed by atoms with Crippen LogP contribution in [0.2, 0.25) is 0 Å². The normalized spacial score (nSPS) is 15.0. The van der Waals surface area contributed by atoms with E-state index in [1.54, 1.807) is 24.3 Å². The van der Waals surface area contributed by atoms with Gasteiger partial charge in [0.15, 0.2) is 22.9 Å². The molecular weight excluding hydrogens is 551 g/mol. The van der Waals surface area contributed by atoms with Gasteiger partial charge in [0, 0.05) is 35.9 Å². The second kappa shape index (κ2) is 16.4. The van der Waals surface area contributed by atoms with Crippen molar-refractivity contribution in [2.24, 2.45) is 0 Å². The maximum atomic E-state index is 13.6.